The molecule has 3 aromatic carbocycles. The van der Waals surface area contributed by atoms with E-state index in [-0.39, 0.29) is 0 Å². The molecule has 5 aromatic rings. The standard InChI is InChI=1S/C41H49N9/c1-47-27-29-49(30-28-47)23-6-19-44-32-34-11-15-36(16-12-34)40-45-39(38-17-24-50(41(38)46-40)37-7-3-2-4-8-37)35-13-9-33(10-14-35)31-43-18-5-22-48-25-20-42-21-26-48/h2-4,7-17,24,31-32,42H,5-6,18-23,25-30H2,1H3/b43-31-,44-32+. The van der Waals surface area contributed by atoms with E-state index in [2.05, 4.69) is 117 Å². The lowest BCUT2D eigenvalue weighted by Gasteiger charge is -2.32. The largest absolute Gasteiger partial charge is 0.314 e. The molecule has 2 saturated heterocycles. The third-order valence-electron chi connectivity index (χ3n) is 9.74. The van der Waals surface area contributed by atoms with Crippen LogP contribution in [0.3, 0.4) is 0 Å². The molecule has 9 nitrogen and oxygen atoms in total. The third-order valence-corrected chi connectivity index (χ3v) is 9.74. The van der Waals surface area contributed by atoms with E-state index in [0.29, 0.717) is 5.82 Å². The fourth-order valence-corrected chi connectivity index (χ4v) is 6.72. The van der Waals surface area contributed by atoms with Crippen LogP contribution in [0.2, 0.25) is 0 Å². The number of likely N-dealkylation sites (N-methyl/N-ethyl adjacent to an activating group) is 1. The van der Waals surface area contributed by atoms with Gasteiger partial charge >= 0.3 is 0 Å². The molecular weight excluding hydrogens is 619 g/mol. The Morgan fingerprint density at radius 2 is 1.26 bits per heavy atom. The van der Waals surface area contributed by atoms with Crippen molar-refractivity contribution in [2.75, 3.05) is 85.6 Å². The van der Waals surface area contributed by atoms with Gasteiger partial charge in [0, 0.05) is 106 Å². The van der Waals surface area contributed by atoms with Gasteiger partial charge in [-0.15, -0.1) is 0 Å². The molecule has 0 radical (unpaired) electrons. The Bertz CT molecular complexity index is 1850. The summed E-state index contributed by atoms with van der Waals surface area (Å²) in [6.45, 7) is 13.0. The lowest BCUT2D eigenvalue weighted by Crippen LogP contribution is -2.44. The number of piperazine rings is 2. The van der Waals surface area contributed by atoms with Gasteiger partial charge in [0.25, 0.3) is 0 Å². The first-order valence-corrected chi connectivity index (χ1v) is 18.2. The van der Waals surface area contributed by atoms with E-state index in [9.17, 15) is 0 Å². The molecule has 2 aliphatic rings. The highest BCUT2D eigenvalue weighted by Gasteiger charge is 2.16. The van der Waals surface area contributed by atoms with E-state index in [1.807, 2.05) is 18.5 Å². The van der Waals surface area contributed by atoms with Crippen molar-refractivity contribution in [3.63, 3.8) is 0 Å². The molecule has 9 heteroatoms. The van der Waals surface area contributed by atoms with Crippen molar-refractivity contribution < 1.29 is 0 Å². The van der Waals surface area contributed by atoms with Crippen molar-refractivity contribution in [3.05, 3.63) is 102 Å². The molecule has 0 unspecified atom stereocenters. The maximum atomic E-state index is 5.17. The van der Waals surface area contributed by atoms with Crippen LogP contribution in [-0.4, -0.2) is 127 Å². The molecule has 1 N–H and O–H groups in total. The Labute approximate surface area is 296 Å². The Hall–Kier alpha value is -4.54. The quantitative estimate of drug-likeness (QED) is 0.132. The maximum Gasteiger partial charge on any atom is 0.162 e. The van der Waals surface area contributed by atoms with Crippen LogP contribution in [0.4, 0.5) is 0 Å². The summed E-state index contributed by atoms with van der Waals surface area (Å²) < 4.78 is 2.15. The minimum atomic E-state index is 0.703. The summed E-state index contributed by atoms with van der Waals surface area (Å²) in [7, 11) is 2.20. The zero-order valence-electron chi connectivity index (χ0n) is 29.3. The highest BCUT2D eigenvalue weighted by molar-refractivity contribution is 5.94. The van der Waals surface area contributed by atoms with Gasteiger partial charge in [0.1, 0.15) is 5.65 Å². The molecule has 0 aliphatic carbocycles. The smallest absolute Gasteiger partial charge is 0.162 e. The highest BCUT2D eigenvalue weighted by Crippen LogP contribution is 2.31. The normalized spacial score (nSPS) is 16.7. The highest BCUT2D eigenvalue weighted by atomic mass is 15.2. The van der Waals surface area contributed by atoms with Gasteiger partial charge in [-0.2, -0.15) is 0 Å². The van der Waals surface area contributed by atoms with Crippen molar-refractivity contribution in [1.29, 1.82) is 0 Å². The summed E-state index contributed by atoms with van der Waals surface area (Å²) in [5, 5.41) is 4.44. The Morgan fingerprint density at radius 1 is 0.660 bits per heavy atom. The molecule has 0 bridgehead atoms. The summed E-state index contributed by atoms with van der Waals surface area (Å²) in [6, 6.07) is 29.5. The number of aromatic nitrogens is 3. The van der Waals surface area contributed by atoms with Gasteiger partial charge in [0.15, 0.2) is 5.82 Å². The second kappa shape index (κ2) is 16.9. The topological polar surface area (TPSA) is 77.2 Å². The van der Waals surface area contributed by atoms with Crippen LogP contribution < -0.4 is 5.32 Å². The number of rotatable bonds is 13. The molecule has 2 fully saturated rings. The number of fused-ring (bicyclic) bond motifs is 1. The predicted octanol–water partition coefficient (Wildman–Crippen LogP) is 5.53. The lowest BCUT2D eigenvalue weighted by molar-refractivity contribution is 0.153. The molecule has 50 heavy (non-hydrogen) atoms. The molecule has 0 saturated carbocycles. The van der Waals surface area contributed by atoms with Gasteiger partial charge < -0.3 is 24.6 Å². The zero-order valence-corrected chi connectivity index (χ0v) is 29.3. The van der Waals surface area contributed by atoms with Crippen molar-refractivity contribution in [1.82, 2.24) is 34.6 Å². The average Bonchev–Trinajstić information content (AvgIpc) is 3.60. The summed E-state index contributed by atoms with van der Waals surface area (Å²) in [4.78, 5) is 27.2. The minimum absolute atomic E-state index is 0.703. The van der Waals surface area contributed by atoms with Crippen molar-refractivity contribution in [3.8, 4) is 28.3 Å². The number of aliphatic imine (C=N–C) groups is 2. The van der Waals surface area contributed by atoms with Gasteiger partial charge in [-0.1, -0.05) is 66.7 Å². The molecule has 258 valence electrons. The maximum absolute atomic E-state index is 5.17. The minimum Gasteiger partial charge on any atom is -0.314 e. The fourth-order valence-electron chi connectivity index (χ4n) is 6.72. The second-order valence-corrected chi connectivity index (χ2v) is 13.4. The van der Waals surface area contributed by atoms with Crippen molar-refractivity contribution in [2.24, 2.45) is 9.98 Å². The van der Waals surface area contributed by atoms with Crippen LogP contribution in [0.25, 0.3) is 39.4 Å². The molecule has 0 amide bonds. The van der Waals surface area contributed by atoms with E-state index in [1.165, 1.54) is 0 Å². The molecule has 0 atom stereocenters. The van der Waals surface area contributed by atoms with E-state index in [0.717, 1.165) is 136 Å². The number of hydrogen-bond acceptors (Lipinski definition) is 8. The van der Waals surface area contributed by atoms with Crippen LogP contribution in [0.1, 0.15) is 24.0 Å². The molecule has 4 heterocycles. The Kier molecular flexibility index (Phi) is 11.5. The van der Waals surface area contributed by atoms with Gasteiger partial charge in [-0.25, -0.2) is 9.97 Å². The number of nitrogens with one attached hydrogen (secondary N) is 1. The fraction of sp³-hybridized carbons (Fsp3) is 0.366. The summed E-state index contributed by atoms with van der Waals surface area (Å²) in [6.07, 6.45) is 8.24. The first kappa shape index (κ1) is 33.9. The first-order chi connectivity index (χ1) is 24.7. The van der Waals surface area contributed by atoms with Crippen LogP contribution >= 0.6 is 0 Å². The SMILES string of the molecule is CN1CCN(CCC/N=C/c2ccc(-c3nc(-c4ccc(/C=N\CCCN5CCNCC5)cc4)c4ccn(-c5ccccc5)c4n3)cc2)CC1. The monoisotopic (exact) mass is 667 g/mol. The first-order valence-electron chi connectivity index (χ1n) is 18.2. The van der Waals surface area contributed by atoms with Gasteiger partial charge in [-0.05, 0) is 62.3 Å². The van der Waals surface area contributed by atoms with E-state index < -0.39 is 0 Å². The number of nitrogens with zero attached hydrogens (tertiary/aromatic N) is 8. The van der Waals surface area contributed by atoms with Gasteiger partial charge in [0.05, 0.1) is 5.69 Å². The summed E-state index contributed by atoms with van der Waals surface area (Å²) in [5.74, 6) is 0.703. The Balaban J connectivity index is 1.06. The average molecular weight is 668 g/mol. The molecular formula is C41H49N9. The summed E-state index contributed by atoms with van der Waals surface area (Å²) in [5.41, 5.74) is 7.10. The van der Waals surface area contributed by atoms with Crippen LogP contribution in [0, 0.1) is 0 Å². The van der Waals surface area contributed by atoms with Crippen LogP contribution in [-0.2, 0) is 0 Å². The second-order valence-electron chi connectivity index (χ2n) is 13.4. The Morgan fingerprint density at radius 3 is 1.90 bits per heavy atom. The lowest BCUT2D eigenvalue weighted by atomic mass is 10.1. The van der Waals surface area contributed by atoms with Gasteiger partial charge in [0.2, 0.25) is 0 Å². The van der Waals surface area contributed by atoms with Crippen LogP contribution in [0.5, 0.6) is 0 Å². The van der Waals surface area contributed by atoms with Crippen molar-refractivity contribution >= 4 is 23.5 Å². The molecule has 2 aliphatic heterocycles. The van der Waals surface area contributed by atoms with Crippen LogP contribution in [0.15, 0.2) is 101 Å². The number of hydrogen-bond donors (Lipinski definition) is 1. The molecule has 0 spiro atoms. The number of para-hydroxylation sites is 1. The van der Waals surface area contributed by atoms with E-state index in [4.69, 9.17) is 20.0 Å². The van der Waals surface area contributed by atoms with Crippen molar-refractivity contribution in [2.45, 2.75) is 12.8 Å². The van der Waals surface area contributed by atoms with Gasteiger partial charge in [-0.3, -0.25) is 9.98 Å². The molecule has 7 rings (SSSR count). The van der Waals surface area contributed by atoms with E-state index >= 15 is 0 Å². The van der Waals surface area contributed by atoms with E-state index in [1.54, 1.807) is 0 Å². The summed E-state index contributed by atoms with van der Waals surface area (Å²) >= 11 is 0. The third kappa shape index (κ3) is 8.78. The predicted molar refractivity (Wildman–Crippen MR) is 207 cm³/mol. The zero-order chi connectivity index (χ0) is 34.0. The number of benzene rings is 3. The molecule has 2 aromatic heterocycles.